The van der Waals surface area contributed by atoms with Gasteiger partial charge in [0.15, 0.2) is 0 Å². The molecule has 0 radical (unpaired) electrons. The zero-order chi connectivity index (χ0) is 29.1. The molecule has 2 aliphatic rings. The molecular weight excluding hydrogens is 546 g/mol. The first kappa shape index (κ1) is 27.9. The fourth-order valence-electron chi connectivity index (χ4n) is 5.69. The van der Waals surface area contributed by atoms with Gasteiger partial charge in [-0.3, -0.25) is 4.79 Å². The van der Waals surface area contributed by atoms with Gasteiger partial charge in [-0.05, 0) is 78.8 Å². The quantitative estimate of drug-likeness (QED) is 0.235. The normalized spacial score (nSPS) is 16.7. The van der Waals surface area contributed by atoms with Gasteiger partial charge in [0.1, 0.15) is 5.82 Å². The van der Waals surface area contributed by atoms with Gasteiger partial charge in [0.25, 0.3) is 5.91 Å². The third-order valence-corrected chi connectivity index (χ3v) is 9.37. The van der Waals surface area contributed by atoms with Crippen molar-refractivity contribution in [3.05, 3.63) is 117 Å². The molecule has 6 rings (SSSR count). The highest BCUT2D eigenvalue weighted by atomic mass is 32.1. The summed E-state index contributed by atoms with van der Waals surface area (Å²) in [5.74, 6) is 0.170. The molecule has 1 fully saturated rings. The molecule has 2 aromatic carbocycles. The lowest BCUT2D eigenvalue weighted by atomic mass is 9.86. The summed E-state index contributed by atoms with van der Waals surface area (Å²) in [6.45, 7) is 4.08. The van der Waals surface area contributed by atoms with Crippen molar-refractivity contribution < 1.29 is 19.4 Å². The maximum atomic E-state index is 13.2. The number of hydrogen-bond acceptors (Lipinski definition) is 6. The van der Waals surface area contributed by atoms with Crippen molar-refractivity contribution in [2.45, 2.75) is 44.8 Å². The maximum absolute atomic E-state index is 13.2. The maximum Gasteiger partial charge on any atom is 0.335 e. The van der Waals surface area contributed by atoms with Crippen molar-refractivity contribution in [2.24, 2.45) is 0 Å². The Labute approximate surface area is 249 Å². The van der Waals surface area contributed by atoms with E-state index in [0.717, 1.165) is 54.2 Å². The number of nitrogens with one attached hydrogen (secondary N) is 1. The van der Waals surface area contributed by atoms with Gasteiger partial charge in [-0.2, -0.15) is 0 Å². The second-order valence-electron chi connectivity index (χ2n) is 10.8. The predicted octanol–water partition coefficient (Wildman–Crippen LogP) is 6.94. The van der Waals surface area contributed by atoms with E-state index in [1.165, 1.54) is 16.0 Å². The first-order chi connectivity index (χ1) is 20.4. The molecule has 0 bridgehead atoms. The van der Waals surface area contributed by atoms with Crippen LogP contribution < -0.4 is 10.2 Å². The van der Waals surface area contributed by atoms with Crippen LogP contribution in [0, 0.1) is 6.92 Å². The third kappa shape index (κ3) is 6.15. The van der Waals surface area contributed by atoms with Gasteiger partial charge in [0.05, 0.1) is 35.0 Å². The number of fused-ring (bicyclic) bond motifs is 1. The summed E-state index contributed by atoms with van der Waals surface area (Å²) < 4.78 is 6.07. The van der Waals surface area contributed by atoms with Crippen LogP contribution >= 0.6 is 11.3 Å². The summed E-state index contributed by atoms with van der Waals surface area (Å²) in [4.78, 5) is 33.2. The molecule has 4 aromatic rings. The van der Waals surface area contributed by atoms with Gasteiger partial charge < -0.3 is 20.1 Å². The summed E-state index contributed by atoms with van der Waals surface area (Å²) in [5.41, 5.74) is 5.42. The van der Waals surface area contributed by atoms with Crippen LogP contribution in [0.2, 0.25) is 0 Å². The lowest BCUT2D eigenvalue weighted by Gasteiger charge is -2.32. The van der Waals surface area contributed by atoms with Crippen LogP contribution in [-0.4, -0.2) is 41.2 Å². The summed E-state index contributed by atoms with van der Waals surface area (Å²) in [6.07, 6.45) is 8.87. The topological polar surface area (TPSA) is 91.8 Å². The van der Waals surface area contributed by atoms with Gasteiger partial charge in [0, 0.05) is 23.9 Å². The number of carbonyl (C=O) groups is 2. The molecule has 2 aromatic heterocycles. The van der Waals surface area contributed by atoms with Crippen molar-refractivity contribution in [3.63, 3.8) is 0 Å². The van der Waals surface area contributed by atoms with Gasteiger partial charge in [-0.1, -0.05) is 48.5 Å². The lowest BCUT2D eigenvalue weighted by Crippen LogP contribution is -2.37. The second-order valence-corrected chi connectivity index (χ2v) is 11.9. The summed E-state index contributed by atoms with van der Waals surface area (Å²) in [6, 6.07) is 21.2. The molecule has 8 heteroatoms. The van der Waals surface area contributed by atoms with Crippen LogP contribution in [0.5, 0.6) is 0 Å². The SMILES string of the molecule is Cc1c(C(=O)Nc2ccc(N3CCC(OCc4cccc(C(=O)O)c4)CC3)nc2)sc2c1CC(c1ccccc1)C=C2. The predicted molar refractivity (Wildman–Crippen MR) is 167 cm³/mol. The highest BCUT2D eigenvalue weighted by Crippen LogP contribution is 2.38. The highest BCUT2D eigenvalue weighted by Gasteiger charge is 2.25. The van der Waals surface area contributed by atoms with Crippen LogP contribution in [0.4, 0.5) is 11.5 Å². The fraction of sp³-hybridized carbons (Fsp3) is 0.265. The van der Waals surface area contributed by atoms with E-state index in [4.69, 9.17) is 4.74 Å². The number of allylic oxidation sites excluding steroid dienone is 1. The molecule has 3 heterocycles. The average molecular weight is 580 g/mol. The molecule has 1 saturated heterocycles. The molecular formula is C34H33N3O4S. The number of ether oxygens (including phenoxy) is 1. The molecule has 1 aliphatic carbocycles. The lowest BCUT2D eigenvalue weighted by molar-refractivity contribution is 0.0250. The second kappa shape index (κ2) is 12.3. The smallest absolute Gasteiger partial charge is 0.335 e. The average Bonchev–Trinajstić information content (AvgIpc) is 3.37. The van der Waals surface area contributed by atoms with Gasteiger partial charge >= 0.3 is 5.97 Å². The number of thiophene rings is 1. The number of aromatic carboxylic acids is 1. The Morgan fingerprint density at radius 3 is 2.62 bits per heavy atom. The van der Waals surface area contributed by atoms with Crippen LogP contribution in [-0.2, 0) is 17.8 Å². The third-order valence-electron chi connectivity index (χ3n) is 8.07. The molecule has 1 amide bonds. The van der Waals surface area contributed by atoms with Crippen molar-refractivity contribution in [1.29, 1.82) is 0 Å². The minimum Gasteiger partial charge on any atom is -0.478 e. The Bertz CT molecular complexity index is 1610. The van der Waals surface area contributed by atoms with E-state index >= 15 is 0 Å². The molecule has 42 heavy (non-hydrogen) atoms. The Hall–Kier alpha value is -4.27. The summed E-state index contributed by atoms with van der Waals surface area (Å²) in [5, 5.41) is 12.2. The van der Waals surface area contributed by atoms with E-state index < -0.39 is 5.97 Å². The molecule has 2 N–H and O–H groups in total. The number of rotatable bonds is 8. The molecule has 7 nitrogen and oxygen atoms in total. The highest BCUT2D eigenvalue weighted by molar-refractivity contribution is 7.15. The fourth-order valence-corrected chi connectivity index (χ4v) is 6.84. The van der Waals surface area contributed by atoms with Gasteiger partial charge in [0.2, 0.25) is 0 Å². The molecule has 1 atom stereocenters. The van der Waals surface area contributed by atoms with E-state index in [-0.39, 0.29) is 17.6 Å². The number of piperidine rings is 1. The summed E-state index contributed by atoms with van der Waals surface area (Å²) in [7, 11) is 0. The number of carbonyl (C=O) groups excluding carboxylic acids is 1. The minimum absolute atomic E-state index is 0.0991. The van der Waals surface area contributed by atoms with E-state index in [9.17, 15) is 14.7 Å². The van der Waals surface area contributed by atoms with E-state index in [1.54, 1.807) is 35.7 Å². The van der Waals surface area contributed by atoms with Crippen molar-refractivity contribution in [3.8, 4) is 0 Å². The van der Waals surface area contributed by atoms with Crippen molar-refractivity contribution >= 4 is 40.8 Å². The number of amides is 1. The molecule has 214 valence electrons. The number of nitrogens with zero attached hydrogens (tertiary/aromatic N) is 2. The Morgan fingerprint density at radius 2 is 1.88 bits per heavy atom. The van der Waals surface area contributed by atoms with Crippen molar-refractivity contribution in [1.82, 2.24) is 4.98 Å². The number of aromatic nitrogens is 1. The van der Waals surface area contributed by atoms with E-state index in [0.29, 0.717) is 18.2 Å². The number of carboxylic acids is 1. The Balaban J connectivity index is 1.02. The van der Waals surface area contributed by atoms with E-state index in [1.807, 2.05) is 31.2 Å². The number of hydrogen-bond donors (Lipinski definition) is 2. The van der Waals surface area contributed by atoms with Crippen LogP contribution in [0.1, 0.15) is 65.9 Å². The zero-order valence-electron chi connectivity index (χ0n) is 23.5. The van der Waals surface area contributed by atoms with Gasteiger partial charge in [-0.25, -0.2) is 9.78 Å². The van der Waals surface area contributed by atoms with Crippen LogP contribution in [0.15, 0.2) is 79.0 Å². The molecule has 0 saturated carbocycles. The van der Waals surface area contributed by atoms with Crippen LogP contribution in [0.25, 0.3) is 6.08 Å². The largest absolute Gasteiger partial charge is 0.478 e. The zero-order valence-corrected chi connectivity index (χ0v) is 24.3. The van der Waals surface area contributed by atoms with Gasteiger partial charge in [-0.15, -0.1) is 11.3 Å². The summed E-state index contributed by atoms with van der Waals surface area (Å²) >= 11 is 1.55. The number of benzene rings is 2. The molecule has 1 unspecified atom stereocenters. The minimum atomic E-state index is -0.932. The Morgan fingerprint density at radius 1 is 1.07 bits per heavy atom. The Kier molecular flexibility index (Phi) is 8.17. The van der Waals surface area contributed by atoms with E-state index in [2.05, 4.69) is 51.6 Å². The first-order valence-corrected chi connectivity index (χ1v) is 15.1. The number of pyridine rings is 1. The number of carboxylic acid groups (broad SMARTS) is 1. The number of anilines is 2. The van der Waals surface area contributed by atoms with Crippen LogP contribution in [0.3, 0.4) is 0 Å². The monoisotopic (exact) mass is 579 g/mol. The molecule has 1 aliphatic heterocycles. The first-order valence-electron chi connectivity index (χ1n) is 14.3. The van der Waals surface area contributed by atoms with Crippen molar-refractivity contribution in [2.75, 3.05) is 23.3 Å². The molecule has 0 spiro atoms. The standard InChI is InChI=1S/C34H33N3O4S/c1-22-29-19-25(24-7-3-2-4-8-24)10-12-30(29)42-32(22)33(38)36-27-11-13-31(35-20-27)37-16-14-28(15-17-37)41-21-23-6-5-9-26(18-23)34(39)40/h2-13,18,20,25,28H,14-17,19,21H2,1H3,(H,36,38)(H,39,40).